The SMILES string of the molecule is Cc1c(NC(=O)/C=C/c2cccc([N+](=O)[O-])c2)cnn1C. The molecule has 1 aromatic carbocycles. The number of nitrogens with one attached hydrogen (secondary N) is 1. The van der Waals surface area contributed by atoms with Gasteiger partial charge in [0.25, 0.3) is 5.69 Å². The fourth-order valence-corrected chi connectivity index (χ4v) is 1.71. The minimum atomic E-state index is -0.476. The number of hydrogen-bond acceptors (Lipinski definition) is 4. The first-order valence-corrected chi connectivity index (χ1v) is 6.19. The minimum Gasteiger partial charge on any atom is -0.320 e. The lowest BCUT2D eigenvalue weighted by molar-refractivity contribution is -0.384. The van der Waals surface area contributed by atoms with E-state index in [1.165, 1.54) is 24.3 Å². The average Bonchev–Trinajstić information content (AvgIpc) is 2.77. The van der Waals surface area contributed by atoms with Gasteiger partial charge in [-0.2, -0.15) is 5.10 Å². The zero-order valence-corrected chi connectivity index (χ0v) is 11.6. The van der Waals surface area contributed by atoms with Crippen LogP contribution in [0, 0.1) is 17.0 Å². The predicted octanol–water partition coefficient (Wildman–Crippen LogP) is 2.29. The molecule has 0 aliphatic rings. The third kappa shape index (κ3) is 3.53. The Morgan fingerprint density at radius 2 is 2.24 bits per heavy atom. The molecule has 7 heteroatoms. The summed E-state index contributed by atoms with van der Waals surface area (Å²) >= 11 is 0. The van der Waals surface area contributed by atoms with Gasteiger partial charge in [-0.15, -0.1) is 0 Å². The maximum atomic E-state index is 11.8. The van der Waals surface area contributed by atoms with Gasteiger partial charge in [-0.1, -0.05) is 12.1 Å². The Hall–Kier alpha value is -2.96. The van der Waals surface area contributed by atoms with Gasteiger partial charge in [0.05, 0.1) is 22.5 Å². The van der Waals surface area contributed by atoms with E-state index in [9.17, 15) is 14.9 Å². The molecule has 0 atom stereocenters. The molecule has 0 saturated carbocycles. The lowest BCUT2D eigenvalue weighted by Gasteiger charge is -2.00. The van der Waals surface area contributed by atoms with Crippen LogP contribution < -0.4 is 5.32 Å². The summed E-state index contributed by atoms with van der Waals surface area (Å²) in [5.74, 6) is -0.322. The van der Waals surface area contributed by atoms with Crippen molar-refractivity contribution in [1.29, 1.82) is 0 Å². The predicted molar refractivity (Wildman–Crippen MR) is 78.7 cm³/mol. The Bertz CT molecular complexity index is 719. The molecule has 21 heavy (non-hydrogen) atoms. The summed E-state index contributed by atoms with van der Waals surface area (Å²) in [6, 6.07) is 6.06. The van der Waals surface area contributed by atoms with Crippen molar-refractivity contribution in [2.24, 2.45) is 7.05 Å². The first-order chi connectivity index (χ1) is 9.97. The highest BCUT2D eigenvalue weighted by Crippen LogP contribution is 2.15. The molecule has 0 radical (unpaired) electrons. The summed E-state index contributed by atoms with van der Waals surface area (Å²) in [4.78, 5) is 22.0. The number of aryl methyl sites for hydroxylation is 1. The molecule has 0 saturated heterocycles. The van der Waals surface area contributed by atoms with Crippen LogP contribution in [-0.4, -0.2) is 20.6 Å². The maximum absolute atomic E-state index is 11.8. The van der Waals surface area contributed by atoms with Crippen LogP contribution in [0.5, 0.6) is 0 Å². The molecule has 1 heterocycles. The Kier molecular flexibility index (Phi) is 4.13. The number of benzene rings is 1. The molecular formula is C14H14N4O3. The van der Waals surface area contributed by atoms with E-state index in [0.717, 1.165) is 5.69 Å². The van der Waals surface area contributed by atoms with Crippen molar-refractivity contribution in [1.82, 2.24) is 9.78 Å². The van der Waals surface area contributed by atoms with Gasteiger partial charge in [-0.3, -0.25) is 19.6 Å². The number of anilines is 1. The quantitative estimate of drug-likeness (QED) is 0.530. The molecule has 1 amide bonds. The second-order valence-corrected chi connectivity index (χ2v) is 4.44. The number of carbonyl (C=O) groups excluding carboxylic acids is 1. The summed E-state index contributed by atoms with van der Waals surface area (Å²) in [6.07, 6.45) is 4.41. The molecule has 0 aliphatic carbocycles. The van der Waals surface area contributed by atoms with Crippen molar-refractivity contribution in [2.45, 2.75) is 6.92 Å². The van der Waals surface area contributed by atoms with Crippen LogP contribution in [0.4, 0.5) is 11.4 Å². The molecule has 1 N–H and O–H groups in total. The zero-order valence-electron chi connectivity index (χ0n) is 11.6. The molecule has 0 bridgehead atoms. The van der Waals surface area contributed by atoms with Crippen LogP contribution in [0.3, 0.4) is 0 Å². The number of nitro benzene ring substituents is 1. The number of carbonyl (C=O) groups is 1. The van der Waals surface area contributed by atoms with Crippen molar-refractivity contribution in [3.63, 3.8) is 0 Å². The van der Waals surface area contributed by atoms with Crippen molar-refractivity contribution in [3.05, 3.63) is 57.9 Å². The molecule has 108 valence electrons. The number of amides is 1. The normalized spacial score (nSPS) is 10.8. The number of non-ortho nitro benzene ring substituents is 1. The van der Waals surface area contributed by atoms with Crippen LogP contribution in [0.1, 0.15) is 11.3 Å². The second-order valence-electron chi connectivity index (χ2n) is 4.44. The lowest BCUT2D eigenvalue weighted by Crippen LogP contribution is -2.08. The first-order valence-electron chi connectivity index (χ1n) is 6.19. The molecule has 0 unspecified atom stereocenters. The maximum Gasteiger partial charge on any atom is 0.270 e. The standard InChI is InChI=1S/C14H14N4O3/c1-10-13(9-15-17(10)2)16-14(19)7-6-11-4-3-5-12(8-11)18(20)21/h3-9H,1-2H3,(H,16,19)/b7-6+. The highest BCUT2D eigenvalue weighted by molar-refractivity contribution is 6.02. The van der Waals surface area contributed by atoms with E-state index in [4.69, 9.17) is 0 Å². The number of nitro groups is 1. The average molecular weight is 286 g/mol. The molecule has 0 aliphatic heterocycles. The van der Waals surface area contributed by atoms with Gasteiger partial charge >= 0.3 is 0 Å². The van der Waals surface area contributed by atoms with E-state index in [1.807, 2.05) is 6.92 Å². The highest BCUT2D eigenvalue weighted by atomic mass is 16.6. The third-order valence-electron chi connectivity index (χ3n) is 3.00. The van der Waals surface area contributed by atoms with Gasteiger partial charge in [0.15, 0.2) is 0 Å². The van der Waals surface area contributed by atoms with Crippen molar-refractivity contribution in [3.8, 4) is 0 Å². The van der Waals surface area contributed by atoms with E-state index in [0.29, 0.717) is 11.3 Å². The van der Waals surface area contributed by atoms with Gasteiger partial charge in [0.1, 0.15) is 0 Å². The summed E-state index contributed by atoms with van der Waals surface area (Å²) < 4.78 is 1.65. The smallest absolute Gasteiger partial charge is 0.270 e. The number of aromatic nitrogens is 2. The Balaban J connectivity index is 2.07. The molecule has 0 spiro atoms. The third-order valence-corrected chi connectivity index (χ3v) is 3.00. The van der Waals surface area contributed by atoms with Gasteiger partial charge < -0.3 is 5.32 Å². The number of rotatable bonds is 4. The second kappa shape index (κ2) is 6.00. The van der Waals surface area contributed by atoms with Gasteiger partial charge in [-0.05, 0) is 18.6 Å². The summed E-state index contributed by atoms with van der Waals surface area (Å²) in [7, 11) is 1.78. The van der Waals surface area contributed by atoms with Crippen LogP contribution in [0.15, 0.2) is 36.5 Å². The van der Waals surface area contributed by atoms with E-state index >= 15 is 0 Å². The Morgan fingerprint density at radius 3 is 2.86 bits per heavy atom. The van der Waals surface area contributed by atoms with Gasteiger partial charge in [-0.25, -0.2) is 0 Å². The molecule has 0 fully saturated rings. The van der Waals surface area contributed by atoms with Crippen molar-refractivity contribution in [2.75, 3.05) is 5.32 Å². The fourth-order valence-electron chi connectivity index (χ4n) is 1.71. The lowest BCUT2D eigenvalue weighted by atomic mass is 10.2. The fraction of sp³-hybridized carbons (Fsp3) is 0.143. The topological polar surface area (TPSA) is 90.1 Å². The van der Waals surface area contributed by atoms with Gasteiger partial charge in [0.2, 0.25) is 5.91 Å². The Labute approximate surface area is 121 Å². The van der Waals surface area contributed by atoms with Crippen LogP contribution >= 0.6 is 0 Å². The molecule has 2 aromatic rings. The molecule has 7 nitrogen and oxygen atoms in total. The molecular weight excluding hydrogens is 272 g/mol. The van der Waals surface area contributed by atoms with Gasteiger partial charge in [0, 0.05) is 25.3 Å². The number of hydrogen-bond donors (Lipinski definition) is 1. The largest absolute Gasteiger partial charge is 0.320 e. The summed E-state index contributed by atoms with van der Waals surface area (Å²) in [5.41, 5.74) is 2.04. The highest BCUT2D eigenvalue weighted by Gasteiger charge is 2.06. The van der Waals surface area contributed by atoms with E-state index in [1.54, 1.807) is 30.1 Å². The molecule has 2 rings (SSSR count). The van der Waals surface area contributed by atoms with Crippen molar-refractivity contribution >= 4 is 23.4 Å². The van der Waals surface area contributed by atoms with E-state index in [-0.39, 0.29) is 11.6 Å². The van der Waals surface area contributed by atoms with E-state index < -0.39 is 4.92 Å². The Morgan fingerprint density at radius 1 is 1.48 bits per heavy atom. The monoisotopic (exact) mass is 286 g/mol. The van der Waals surface area contributed by atoms with Crippen molar-refractivity contribution < 1.29 is 9.72 Å². The van der Waals surface area contributed by atoms with Crippen LogP contribution in [-0.2, 0) is 11.8 Å². The zero-order chi connectivity index (χ0) is 15.4. The van der Waals surface area contributed by atoms with E-state index in [2.05, 4.69) is 10.4 Å². The first kappa shape index (κ1) is 14.4. The summed E-state index contributed by atoms with van der Waals surface area (Å²) in [6.45, 7) is 1.84. The number of nitrogens with zero attached hydrogens (tertiary/aromatic N) is 3. The minimum absolute atomic E-state index is 0.0133. The van der Waals surface area contributed by atoms with Crippen LogP contribution in [0.2, 0.25) is 0 Å². The summed E-state index contributed by atoms with van der Waals surface area (Å²) in [5, 5.41) is 17.4. The van der Waals surface area contributed by atoms with Crippen LogP contribution in [0.25, 0.3) is 6.08 Å². The molecule has 1 aromatic heterocycles.